The summed E-state index contributed by atoms with van der Waals surface area (Å²) in [4.78, 5) is 23.5. The topological polar surface area (TPSA) is 169 Å². The van der Waals surface area contributed by atoms with Crippen LogP contribution in [0.15, 0.2) is 5.10 Å². The van der Waals surface area contributed by atoms with Crippen molar-refractivity contribution in [2.75, 3.05) is 13.2 Å². The molecule has 0 amide bonds. The molecule has 0 radical (unpaired) electrons. The van der Waals surface area contributed by atoms with E-state index in [4.69, 9.17) is 10.9 Å². The first-order valence-electron chi connectivity index (χ1n) is 3.40. The van der Waals surface area contributed by atoms with E-state index in [2.05, 4.69) is 9.94 Å². The molecule has 0 saturated heterocycles. The minimum Gasteiger partial charge on any atom is -0.363 e. The average Bonchev–Trinajstić information content (AvgIpc) is 2.10. The van der Waals surface area contributed by atoms with Crippen molar-refractivity contribution in [1.29, 1.82) is 0 Å². The molecule has 0 unspecified atom stereocenters. The molecule has 15 heavy (non-hydrogen) atoms. The van der Waals surface area contributed by atoms with E-state index < -0.39 is 22.7 Å². The molecule has 12 heteroatoms. The first kappa shape index (κ1) is 12.8. The van der Waals surface area contributed by atoms with Crippen LogP contribution in [0, 0.1) is 20.2 Å². The van der Waals surface area contributed by atoms with Crippen molar-refractivity contribution in [3.05, 3.63) is 20.2 Å². The van der Waals surface area contributed by atoms with Gasteiger partial charge in [0.25, 0.3) is 11.0 Å². The maximum atomic E-state index is 9.87. The van der Waals surface area contributed by atoms with E-state index in [1.165, 1.54) is 5.59 Å². The van der Waals surface area contributed by atoms with E-state index >= 15 is 0 Å². The molecular weight excluding hydrogens is 216 g/mol. The number of hydrazone groups is 1. The molecule has 0 fully saturated rings. The standard InChI is InChI=1S/C3H8N6O6/c4-3(5-8(11)12)7(6-10)1-2-15-9(13)14/h6,10H,1-2H2,(H2,4,5). The van der Waals surface area contributed by atoms with Crippen molar-refractivity contribution in [3.63, 3.8) is 0 Å². The minimum absolute atomic E-state index is 0.305. The zero-order valence-corrected chi connectivity index (χ0v) is 7.27. The van der Waals surface area contributed by atoms with Gasteiger partial charge in [-0.2, -0.15) is 0 Å². The monoisotopic (exact) mass is 224 g/mol. The summed E-state index contributed by atoms with van der Waals surface area (Å²) < 4.78 is 0. The van der Waals surface area contributed by atoms with Crippen LogP contribution >= 0.6 is 0 Å². The van der Waals surface area contributed by atoms with Gasteiger partial charge in [-0.05, 0) is 0 Å². The summed E-state index contributed by atoms with van der Waals surface area (Å²) in [5.41, 5.74) is 6.48. The highest BCUT2D eigenvalue weighted by Gasteiger charge is 2.11. The first-order chi connectivity index (χ1) is 6.97. The lowest BCUT2D eigenvalue weighted by Crippen LogP contribution is -2.47. The number of nitrogens with two attached hydrogens (primary N) is 1. The number of rotatable bonds is 6. The van der Waals surface area contributed by atoms with E-state index in [0.717, 1.165) is 0 Å². The molecule has 0 aromatic heterocycles. The molecule has 0 aliphatic heterocycles. The van der Waals surface area contributed by atoms with E-state index in [-0.39, 0.29) is 6.54 Å². The summed E-state index contributed by atoms with van der Waals surface area (Å²) in [6.07, 6.45) is 0. The van der Waals surface area contributed by atoms with Crippen LogP contribution in [0.3, 0.4) is 0 Å². The molecule has 0 saturated carbocycles. The minimum atomic E-state index is -1.09. The number of nitrogens with zero attached hydrogens (tertiary/aromatic N) is 4. The maximum absolute atomic E-state index is 9.87. The fourth-order valence-corrected chi connectivity index (χ4v) is 0.560. The molecule has 0 aromatic rings. The number of guanidine groups is 1. The third kappa shape index (κ3) is 5.94. The SMILES string of the molecule is NC(=N[N+](=O)[O-])N(CCO[N+](=O)[O-])NO. The van der Waals surface area contributed by atoms with Gasteiger partial charge in [0.15, 0.2) is 5.03 Å². The molecule has 0 aliphatic rings. The number of hydrogen-bond acceptors (Lipinski definition) is 7. The molecule has 86 valence electrons. The second kappa shape index (κ2) is 6.28. The lowest BCUT2D eigenvalue weighted by atomic mass is 10.6. The Kier molecular flexibility index (Phi) is 5.35. The van der Waals surface area contributed by atoms with Crippen LogP contribution < -0.4 is 11.3 Å². The van der Waals surface area contributed by atoms with E-state index in [9.17, 15) is 20.2 Å². The molecule has 0 bridgehead atoms. The first-order valence-corrected chi connectivity index (χ1v) is 3.40. The maximum Gasteiger partial charge on any atom is 0.294 e. The van der Waals surface area contributed by atoms with Crippen LogP contribution in [0.5, 0.6) is 0 Å². The average molecular weight is 224 g/mol. The molecule has 12 nitrogen and oxygen atoms in total. The van der Waals surface area contributed by atoms with Crippen molar-refractivity contribution < 1.29 is 20.2 Å². The summed E-state index contributed by atoms with van der Waals surface area (Å²) in [7, 11) is 0. The summed E-state index contributed by atoms with van der Waals surface area (Å²) in [5.74, 6) is -0.672. The Hall–Kier alpha value is -2.21. The Morgan fingerprint density at radius 1 is 1.60 bits per heavy atom. The number of hydrogen-bond donors (Lipinski definition) is 3. The highest BCUT2D eigenvalue weighted by Crippen LogP contribution is 1.84. The van der Waals surface area contributed by atoms with Gasteiger partial charge in [0.2, 0.25) is 0 Å². The second-order valence-electron chi connectivity index (χ2n) is 2.00. The van der Waals surface area contributed by atoms with E-state index in [1.54, 1.807) is 0 Å². The van der Waals surface area contributed by atoms with Crippen LogP contribution in [0.2, 0.25) is 0 Å². The Balaban J connectivity index is 4.12. The van der Waals surface area contributed by atoms with E-state index in [1.807, 2.05) is 0 Å². The molecular formula is C3H8N6O6. The highest BCUT2D eigenvalue weighted by molar-refractivity contribution is 5.76. The number of hydrazine groups is 1. The lowest BCUT2D eigenvalue weighted by Gasteiger charge is -2.17. The fraction of sp³-hybridized carbons (Fsp3) is 0.667. The second-order valence-corrected chi connectivity index (χ2v) is 2.00. The Labute approximate surface area is 82.1 Å². The number of nitro groups is 1. The van der Waals surface area contributed by atoms with Crippen molar-refractivity contribution in [2.45, 2.75) is 0 Å². The van der Waals surface area contributed by atoms with Gasteiger partial charge >= 0.3 is 0 Å². The van der Waals surface area contributed by atoms with Gasteiger partial charge in [-0.25, -0.2) is 15.1 Å². The number of nitrogens with one attached hydrogen (secondary N) is 1. The third-order valence-corrected chi connectivity index (χ3v) is 1.09. The van der Waals surface area contributed by atoms with Gasteiger partial charge < -0.3 is 10.6 Å². The van der Waals surface area contributed by atoms with Crippen LogP contribution in [0.1, 0.15) is 0 Å². The zero-order chi connectivity index (χ0) is 11.8. The van der Waals surface area contributed by atoms with Crippen LogP contribution in [0.4, 0.5) is 0 Å². The zero-order valence-electron chi connectivity index (χ0n) is 7.27. The molecule has 4 N–H and O–H groups in total. The van der Waals surface area contributed by atoms with E-state index in [0.29, 0.717) is 5.01 Å². The highest BCUT2D eigenvalue weighted by atomic mass is 16.9. The van der Waals surface area contributed by atoms with Crippen LogP contribution in [0.25, 0.3) is 0 Å². The smallest absolute Gasteiger partial charge is 0.294 e. The molecule has 0 aromatic carbocycles. The molecule has 0 spiro atoms. The van der Waals surface area contributed by atoms with Gasteiger partial charge in [0.1, 0.15) is 11.7 Å². The van der Waals surface area contributed by atoms with Crippen LogP contribution in [-0.2, 0) is 4.84 Å². The van der Waals surface area contributed by atoms with Crippen LogP contribution in [-0.4, -0.2) is 39.4 Å². The molecule has 0 rings (SSSR count). The predicted molar refractivity (Wildman–Crippen MR) is 43.2 cm³/mol. The normalized spacial score (nSPS) is 10.9. The van der Waals surface area contributed by atoms with Crippen molar-refractivity contribution >= 4 is 5.96 Å². The van der Waals surface area contributed by atoms with Crippen molar-refractivity contribution in [3.8, 4) is 0 Å². The summed E-state index contributed by atoms with van der Waals surface area (Å²) in [6, 6.07) is 0. The molecule has 0 heterocycles. The quantitative estimate of drug-likeness (QED) is 0.198. The predicted octanol–water partition coefficient (Wildman–Crippen LogP) is -2.10. The third-order valence-electron chi connectivity index (χ3n) is 1.09. The van der Waals surface area contributed by atoms with Crippen molar-refractivity contribution in [1.82, 2.24) is 10.6 Å². The van der Waals surface area contributed by atoms with Gasteiger partial charge in [-0.3, -0.25) is 5.21 Å². The van der Waals surface area contributed by atoms with Gasteiger partial charge in [0.05, 0.1) is 6.54 Å². The molecule has 0 aliphatic carbocycles. The van der Waals surface area contributed by atoms with Crippen molar-refractivity contribution in [2.24, 2.45) is 10.8 Å². The fourth-order valence-electron chi connectivity index (χ4n) is 0.560. The summed E-state index contributed by atoms with van der Waals surface area (Å²) in [5, 5.41) is 29.1. The lowest BCUT2D eigenvalue weighted by molar-refractivity contribution is -0.757. The Morgan fingerprint density at radius 3 is 2.60 bits per heavy atom. The van der Waals surface area contributed by atoms with Gasteiger partial charge in [0, 0.05) is 0 Å². The Bertz CT molecular complexity index is 266. The summed E-state index contributed by atoms with van der Waals surface area (Å²) in [6.45, 7) is -0.755. The van der Waals surface area contributed by atoms with Gasteiger partial charge in [-0.1, -0.05) is 0 Å². The Morgan fingerprint density at radius 2 is 2.20 bits per heavy atom. The molecule has 0 atom stereocenters. The summed E-state index contributed by atoms with van der Waals surface area (Å²) >= 11 is 0. The largest absolute Gasteiger partial charge is 0.363 e. The van der Waals surface area contributed by atoms with Gasteiger partial charge in [-0.15, -0.1) is 15.7 Å².